The number of fused-ring (bicyclic) bond motifs is 3. The van der Waals surface area contributed by atoms with Crippen molar-refractivity contribution in [1.29, 1.82) is 0 Å². The molecule has 4 fully saturated rings. The second-order valence-electron chi connectivity index (χ2n) is 24.5. The molecule has 1 aliphatic carbocycles. The largest absolute Gasteiger partial charge is 0.468 e. The molecule has 4 aliphatic rings. The van der Waals surface area contributed by atoms with Crippen molar-refractivity contribution in [2.24, 2.45) is 20.0 Å². The van der Waals surface area contributed by atoms with Crippen molar-refractivity contribution in [3.63, 3.8) is 0 Å². The molecular weight excluding hydrogens is 1250 g/mol. The smallest absolute Gasteiger partial charge is 0.345 e. The van der Waals surface area contributed by atoms with E-state index < -0.39 is 17.9 Å². The molecule has 0 radical (unpaired) electrons. The second-order valence-corrected chi connectivity index (χ2v) is 25.4. The summed E-state index contributed by atoms with van der Waals surface area (Å²) in [5.41, 5.74) is 4.11. The van der Waals surface area contributed by atoms with Gasteiger partial charge in [0.25, 0.3) is 28.5 Å². The number of carbonyl (C=O) groups excluding carboxylic acids is 5. The number of pyridine rings is 4. The van der Waals surface area contributed by atoms with E-state index in [4.69, 9.17) is 18.6 Å². The minimum atomic E-state index is -0.627. The summed E-state index contributed by atoms with van der Waals surface area (Å²) in [5, 5.41) is 4.48. The van der Waals surface area contributed by atoms with Crippen molar-refractivity contribution >= 4 is 90.8 Å². The molecule has 0 unspecified atom stereocenters. The van der Waals surface area contributed by atoms with E-state index in [0.717, 1.165) is 69.4 Å². The number of anilines is 3. The average molecular weight is 1340 g/mol. The van der Waals surface area contributed by atoms with Gasteiger partial charge < -0.3 is 56.8 Å². The zero-order chi connectivity index (χ0) is 68.1. The third-order valence-corrected chi connectivity index (χ3v) is 19.5. The third kappa shape index (κ3) is 15.1. The molecule has 9 heterocycles. The van der Waals surface area contributed by atoms with E-state index in [9.17, 15) is 38.4 Å². The van der Waals surface area contributed by atoms with E-state index in [1.807, 2.05) is 112 Å². The van der Waals surface area contributed by atoms with Crippen LogP contribution in [0.2, 0.25) is 0 Å². The Bertz CT molecular complexity index is 4440. The Balaban J connectivity index is 0.000000149. The molecular formula is C74H84N10O12S. The molecule has 97 heavy (non-hydrogen) atoms. The molecule has 13 rings (SSSR count). The van der Waals surface area contributed by atoms with Crippen LogP contribution in [-0.2, 0) is 41.4 Å². The first kappa shape index (κ1) is 68.5. The normalized spacial score (nSPS) is 15.4. The van der Waals surface area contributed by atoms with Gasteiger partial charge in [0.1, 0.15) is 22.5 Å². The first-order valence-electron chi connectivity index (χ1n) is 33.6. The maximum absolute atomic E-state index is 13.9. The Morgan fingerprint density at radius 1 is 0.515 bits per heavy atom. The van der Waals surface area contributed by atoms with Gasteiger partial charge in [0, 0.05) is 128 Å². The molecule has 3 aromatic carbocycles. The van der Waals surface area contributed by atoms with E-state index in [1.165, 1.54) is 52.6 Å². The van der Waals surface area contributed by atoms with Crippen molar-refractivity contribution in [2.75, 3.05) is 113 Å². The number of hydrogen-bond acceptors (Lipinski definition) is 18. The maximum atomic E-state index is 13.9. The fourth-order valence-electron chi connectivity index (χ4n) is 13.8. The molecule has 0 N–H and O–H groups in total. The van der Waals surface area contributed by atoms with E-state index in [0.29, 0.717) is 101 Å². The van der Waals surface area contributed by atoms with Gasteiger partial charge in [-0.3, -0.25) is 33.9 Å². The van der Waals surface area contributed by atoms with Crippen molar-refractivity contribution in [1.82, 2.24) is 33.4 Å². The lowest BCUT2D eigenvalue weighted by atomic mass is 9.87. The average Bonchev–Trinajstić information content (AvgIpc) is 0.832. The number of aromatic nitrogens is 4. The topological polar surface area (TPSA) is 225 Å². The molecule has 2 amide bonds. The Kier molecular flexibility index (Phi) is 22.5. The van der Waals surface area contributed by atoms with Gasteiger partial charge in [-0.1, -0.05) is 92.8 Å². The lowest BCUT2D eigenvalue weighted by Gasteiger charge is -2.37. The number of carbonyl (C=O) groups is 5. The minimum Gasteiger partial charge on any atom is -0.468 e. The van der Waals surface area contributed by atoms with E-state index >= 15 is 0 Å². The molecule has 1 saturated carbocycles. The molecule has 6 aromatic heterocycles. The molecule has 3 saturated heterocycles. The zero-order valence-electron chi connectivity index (χ0n) is 55.8. The van der Waals surface area contributed by atoms with Crippen molar-refractivity contribution < 1.29 is 42.6 Å². The van der Waals surface area contributed by atoms with Crippen LogP contribution < -0.4 is 31.4 Å². The quantitative estimate of drug-likeness (QED) is 0.0648. The molecule has 3 aliphatic heterocycles. The van der Waals surface area contributed by atoms with Gasteiger partial charge in [-0.15, -0.1) is 11.3 Å². The first-order valence-corrected chi connectivity index (χ1v) is 34.5. The van der Waals surface area contributed by atoms with Crippen LogP contribution >= 0.6 is 11.3 Å². The van der Waals surface area contributed by atoms with Crippen LogP contribution in [0.3, 0.4) is 0 Å². The van der Waals surface area contributed by atoms with Gasteiger partial charge in [-0.2, -0.15) is 0 Å². The molecule has 0 atom stereocenters. The van der Waals surface area contributed by atoms with Crippen LogP contribution in [0.1, 0.15) is 116 Å². The molecule has 22 nitrogen and oxygen atoms in total. The Labute approximate surface area is 566 Å². The number of aryl methyl sites for hydroxylation is 3. The number of thiophene rings is 1. The fraction of sp³-hybridized carbons (Fsp3) is 0.392. The second kappa shape index (κ2) is 31.8. The molecule has 0 bridgehead atoms. The lowest BCUT2D eigenvalue weighted by molar-refractivity contribution is 0.0514. The van der Waals surface area contributed by atoms with Gasteiger partial charge in [0.15, 0.2) is 0 Å². The summed E-state index contributed by atoms with van der Waals surface area (Å²) < 4.78 is 26.1. The number of benzene rings is 3. The third-order valence-electron chi connectivity index (χ3n) is 18.7. The Hall–Kier alpha value is -9.87. The standard InChI is InChI=1S/C29H35N3O4S.C23H24N4O4.C22H25N3O4/c1-2-36-29(35)25-26(30-16-18-31(19-17-30)27(33)24-13-8-20-37-24)22-11-6-7-12-23(22)32(28(25)34)15-14-21-9-4-3-5-10-21;1-3-31-23(30)19-20(17-8-4-5-9-18(17)25(2)22(19)29)26-11-13-27(14-12-26)21(28)16-7-6-10-24-15-16;1-3-28-22(27)19-20(17-8-4-5-9-18(17)23(2)21(19)26)25-12-10-24(11-13-25)15-16-7-6-14-29-16/h6-8,11-13,20-21H,2-5,9-10,14-19H2,1H3;4-10,15H,3,11-14H2,1-2H3;4-9,14H,3,10-13,15H2,1-2H3. The molecule has 0 spiro atoms. The summed E-state index contributed by atoms with van der Waals surface area (Å²) in [6.45, 7) is 14.3. The molecule has 508 valence electrons. The SMILES string of the molecule is CCOC(=O)c1c(N2CCN(C(=O)c3cccnc3)CC2)c2ccccc2n(C)c1=O.CCOC(=O)c1c(N2CCN(C(=O)c3cccs3)CC2)c2ccccc2n(CCC2CCCCC2)c1=O.CCOC(=O)c1c(N2CCN(Cc3ccco3)CC2)c2ccccc2n(C)c1=O. The maximum Gasteiger partial charge on any atom is 0.345 e. The number of rotatable bonds is 16. The van der Waals surface area contributed by atoms with Gasteiger partial charge in [-0.05, 0) is 87.0 Å². The van der Waals surface area contributed by atoms with E-state index in [1.54, 1.807) is 75.1 Å². The van der Waals surface area contributed by atoms with Gasteiger partial charge in [-0.25, -0.2) is 14.4 Å². The van der Waals surface area contributed by atoms with E-state index in [-0.39, 0.29) is 65.0 Å². The number of ether oxygens (including phenoxy) is 3. The zero-order valence-corrected chi connectivity index (χ0v) is 56.6. The highest BCUT2D eigenvalue weighted by atomic mass is 32.1. The van der Waals surface area contributed by atoms with Crippen molar-refractivity contribution in [2.45, 2.75) is 72.4 Å². The molecule has 23 heteroatoms. The highest BCUT2D eigenvalue weighted by molar-refractivity contribution is 7.12. The number of amides is 2. The summed E-state index contributed by atoms with van der Waals surface area (Å²) in [6, 6.07) is 34.1. The number of nitrogens with zero attached hydrogens (tertiary/aromatic N) is 10. The highest BCUT2D eigenvalue weighted by Gasteiger charge is 2.34. The van der Waals surface area contributed by atoms with Gasteiger partial charge in [0.2, 0.25) is 0 Å². The van der Waals surface area contributed by atoms with Crippen molar-refractivity contribution in [3.05, 3.63) is 197 Å². The fourth-order valence-corrected chi connectivity index (χ4v) is 14.4. The molecule has 9 aromatic rings. The summed E-state index contributed by atoms with van der Waals surface area (Å²) in [6.07, 6.45) is 12.1. The van der Waals surface area contributed by atoms with Crippen LogP contribution in [0.15, 0.2) is 152 Å². The summed E-state index contributed by atoms with van der Waals surface area (Å²) in [5.74, 6) is -0.249. The summed E-state index contributed by atoms with van der Waals surface area (Å²) >= 11 is 1.44. The predicted molar refractivity (Wildman–Crippen MR) is 377 cm³/mol. The monoisotopic (exact) mass is 1340 g/mol. The Morgan fingerprint density at radius 3 is 1.45 bits per heavy atom. The van der Waals surface area contributed by atoms with Crippen LogP contribution in [0.4, 0.5) is 17.1 Å². The van der Waals surface area contributed by atoms with Gasteiger partial charge >= 0.3 is 17.9 Å². The van der Waals surface area contributed by atoms with Crippen LogP contribution in [0.5, 0.6) is 0 Å². The van der Waals surface area contributed by atoms with E-state index in [2.05, 4.69) is 19.7 Å². The predicted octanol–water partition coefficient (Wildman–Crippen LogP) is 9.88. The number of piperazine rings is 3. The highest BCUT2D eigenvalue weighted by Crippen LogP contribution is 2.35. The lowest BCUT2D eigenvalue weighted by Crippen LogP contribution is -2.49. The van der Waals surface area contributed by atoms with Crippen molar-refractivity contribution in [3.8, 4) is 0 Å². The number of furan rings is 1. The number of para-hydroxylation sites is 3. The van der Waals surface area contributed by atoms with Gasteiger partial charge in [0.05, 0.1) is 76.7 Å². The summed E-state index contributed by atoms with van der Waals surface area (Å²) in [4.78, 5) is 121. The number of esters is 3. The minimum absolute atomic E-state index is 0.0308. The first-order chi connectivity index (χ1) is 47.2. The summed E-state index contributed by atoms with van der Waals surface area (Å²) in [7, 11) is 3.35. The Morgan fingerprint density at radius 2 is 0.990 bits per heavy atom. The van der Waals surface area contributed by atoms with Crippen LogP contribution in [0.25, 0.3) is 32.7 Å². The van der Waals surface area contributed by atoms with Crippen LogP contribution in [0, 0.1) is 5.92 Å². The number of hydrogen-bond donors (Lipinski definition) is 0. The van der Waals surface area contributed by atoms with Crippen LogP contribution in [-0.4, -0.2) is 161 Å².